The standard InChI is InChI=1S/C14H18ClN5O/c1-10-13(20-4-3-11(15)9-12(20)16-10)14(21)17-19-7-5-18(2)6-8-19/h3-4,9H,5-8H2,1-2H3,(H,17,21). The predicted molar refractivity (Wildman–Crippen MR) is 81.5 cm³/mol. The highest BCUT2D eigenvalue weighted by atomic mass is 35.5. The largest absolute Gasteiger partial charge is 0.304 e. The molecular weight excluding hydrogens is 290 g/mol. The lowest BCUT2D eigenvalue weighted by Crippen LogP contribution is -2.52. The van der Waals surface area contributed by atoms with Crippen molar-refractivity contribution < 1.29 is 4.79 Å². The smallest absolute Gasteiger partial charge is 0.284 e. The Balaban J connectivity index is 1.83. The van der Waals surface area contributed by atoms with Crippen LogP contribution in [0.2, 0.25) is 5.02 Å². The van der Waals surface area contributed by atoms with Gasteiger partial charge in [0.15, 0.2) is 0 Å². The molecule has 0 atom stereocenters. The minimum atomic E-state index is -0.133. The van der Waals surface area contributed by atoms with Crippen LogP contribution in [0.15, 0.2) is 18.3 Å². The number of carbonyl (C=O) groups is 1. The molecular formula is C14H18ClN5O. The van der Waals surface area contributed by atoms with Crippen molar-refractivity contribution >= 4 is 23.2 Å². The summed E-state index contributed by atoms with van der Waals surface area (Å²) in [5.41, 5.74) is 4.90. The fraction of sp³-hybridized carbons (Fsp3) is 0.429. The Hall–Kier alpha value is -1.63. The number of hydrogen-bond donors (Lipinski definition) is 1. The highest BCUT2D eigenvalue weighted by Crippen LogP contribution is 2.16. The van der Waals surface area contributed by atoms with Crippen molar-refractivity contribution in [3.05, 3.63) is 34.7 Å². The van der Waals surface area contributed by atoms with Gasteiger partial charge in [-0.1, -0.05) is 11.6 Å². The summed E-state index contributed by atoms with van der Waals surface area (Å²) in [4.78, 5) is 19.1. The average Bonchev–Trinajstić information content (AvgIpc) is 2.76. The van der Waals surface area contributed by atoms with E-state index in [0.717, 1.165) is 26.2 Å². The summed E-state index contributed by atoms with van der Waals surface area (Å²) in [6.45, 7) is 5.37. The minimum Gasteiger partial charge on any atom is -0.304 e. The molecule has 7 heteroatoms. The van der Waals surface area contributed by atoms with Gasteiger partial charge in [0.2, 0.25) is 0 Å². The van der Waals surface area contributed by atoms with Crippen molar-refractivity contribution in [2.75, 3.05) is 33.2 Å². The Morgan fingerprint density at radius 1 is 1.33 bits per heavy atom. The van der Waals surface area contributed by atoms with Crippen LogP contribution in [0.25, 0.3) is 5.65 Å². The van der Waals surface area contributed by atoms with Crippen LogP contribution in [0.1, 0.15) is 16.2 Å². The third-order valence-corrected chi connectivity index (χ3v) is 3.98. The number of aromatic nitrogens is 2. The zero-order valence-electron chi connectivity index (χ0n) is 12.1. The molecule has 6 nitrogen and oxygen atoms in total. The van der Waals surface area contributed by atoms with Gasteiger partial charge in [0, 0.05) is 43.5 Å². The fourth-order valence-electron chi connectivity index (χ4n) is 2.53. The van der Waals surface area contributed by atoms with E-state index in [1.165, 1.54) is 0 Å². The number of likely N-dealkylation sites (N-methyl/N-ethyl adjacent to an activating group) is 1. The van der Waals surface area contributed by atoms with Gasteiger partial charge < -0.3 is 4.90 Å². The monoisotopic (exact) mass is 307 g/mol. The fourth-order valence-corrected chi connectivity index (χ4v) is 2.68. The molecule has 0 aromatic carbocycles. The Bertz CT molecular complexity index is 675. The molecule has 1 aliphatic heterocycles. The highest BCUT2D eigenvalue weighted by molar-refractivity contribution is 6.30. The first kappa shape index (κ1) is 14.3. The zero-order valence-corrected chi connectivity index (χ0v) is 12.9. The van der Waals surface area contributed by atoms with E-state index in [9.17, 15) is 4.79 Å². The van der Waals surface area contributed by atoms with E-state index in [1.807, 2.05) is 11.9 Å². The number of pyridine rings is 1. The van der Waals surface area contributed by atoms with Gasteiger partial charge in [-0.15, -0.1) is 0 Å². The third kappa shape index (κ3) is 2.88. The molecule has 0 unspecified atom stereocenters. The topological polar surface area (TPSA) is 52.9 Å². The van der Waals surface area contributed by atoms with Crippen molar-refractivity contribution in [2.45, 2.75) is 6.92 Å². The van der Waals surface area contributed by atoms with Crippen molar-refractivity contribution in [1.82, 2.24) is 24.7 Å². The van der Waals surface area contributed by atoms with Crippen LogP contribution in [-0.4, -0.2) is 58.4 Å². The first-order chi connectivity index (χ1) is 10.0. The number of hydrogen-bond acceptors (Lipinski definition) is 4. The molecule has 0 saturated carbocycles. The lowest BCUT2D eigenvalue weighted by molar-refractivity contribution is 0.0656. The number of fused-ring (bicyclic) bond motifs is 1. The summed E-state index contributed by atoms with van der Waals surface area (Å²) >= 11 is 5.96. The van der Waals surface area contributed by atoms with Gasteiger partial charge in [-0.05, 0) is 20.0 Å². The lowest BCUT2D eigenvalue weighted by atomic mass is 10.3. The second kappa shape index (κ2) is 5.63. The zero-order chi connectivity index (χ0) is 15.0. The minimum absolute atomic E-state index is 0.133. The van der Waals surface area contributed by atoms with Crippen LogP contribution in [0.4, 0.5) is 0 Å². The molecule has 2 aromatic heterocycles. The molecule has 3 rings (SSSR count). The van der Waals surface area contributed by atoms with Gasteiger partial charge in [0.05, 0.1) is 5.69 Å². The van der Waals surface area contributed by atoms with Crippen LogP contribution in [-0.2, 0) is 0 Å². The Kier molecular flexibility index (Phi) is 3.84. The van der Waals surface area contributed by atoms with Gasteiger partial charge in [-0.3, -0.25) is 14.6 Å². The molecule has 1 amide bonds. The predicted octanol–water partition coefficient (Wildman–Crippen LogP) is 1.19. The highest BCUT2D eigenvalue weighted by Gasteiger charge is 2.21. The summed E-state index contributed by atoms with van der Waals surface area (Å²) in [5.74, 6) is -0.133. The summed E-state index contributed by atoms with van der Waals surface area (Å²) in [6, 6.07) is 3.50. The van der Waals surface area contributed by atoms with Gasteiger partial charge in [0.1, 0.15) is 11.3 Å². The van der Waals surface area contributed by atoms with E-state index < -0.39 is 0 Å². The van der Waals surface area contributed by atoms with Crippen LogP contribution >= 0.6 is 11.6 Å². The molecule has 1 N–H and O–H groups in total. The number of nitrogens with one attached hydrogen (secondary N) is 1. The molecule has 0 spiro atoms. The summed E-state index contributed by atoms with van der Waals surface area (Å²) in [7, 11) is 2.08. The number of nitrogens with zero attached hydrogens (tertiary/aromatic N) is 4. The first-order valence-electron chi connectivity index (χ1n) is 6.93. The van der Waals surface area contributed by atoms with Crippen LogP contribution in [0.3, 0.4) is 0 Å². The maximum Gasteiger partial charge on any atom is 0.284 e. The van der Waals surface area contributed by atoms with E-state index in [4.69, 9.17) is 11.6 Å². The maximum absolute atomic E-state index is 12.5. The number of aryl methyl sites for hydroxylation is 1. The van der Waals surface area contributed by atoms with Gasteiger partial charge in [0.25, 0.3) is 5.91 Å². The molecule has 2 aromatic rings. The molecule has 1 saturated heterocycles. The number of hydrazine groups is 1. The summed E-state index contributed by atoms with van der Waals surface area (Å²) in [6.07, 6.45) is 1.77. The summed E-state index contributed by atoms with van der Waals surface area (Å²) < 4.78 is 1.77. The van der Waals surface area contributed by atoms with Gasteiger partial charge in [-0.25, -0.2) is 9.99 Å². The quantitative estimate of drug-likeness (QED) is 0.905. The second-order valence-corrected chi connectivity index (χ2v) is 5.79. The maximum atomic E-state index is 12.5. The number of amides is 1. The van der Waals surface area contributed by atoms with E-state index in [0.29, 0.717) is 22.1 Å². The van der Waals surface area contributed by atoms with Crippen molar-refractivity contribution in [3.63, 3.8) is 0 Å². The first-order valence-corrected chi connectivity index (χ1v) is 7.31. The number of piperazine rings is 1. The molecule has 1 aliphatic rings. The van der Waals surface area contributed by atoms with E-state index >= 15 is 0 Å². The van der Waals surface area contributed by atoms with E-state index in [2.05, 4.69) is 22.4 Å². The molecule has 0 aliphatic carbocycles. The molecule has 1 fully saturated rings. The Morgan fingerprint density at radius 2 is 2.05 bits per heavy atom. The Morgan fingerprint density at radius 3 is 2.76 bits per heavy atom. The number of carbonyl (C=O) groups excluding carboxylic acids is 1. The SMILES string of the molecule is Cc1nc2cc(Cl)ccn2c1C(=O)NN1CCN(C)CC1. The number of imidazole rings is 1. The van der Waals surface area contributed by atoms with E-state index in [-0.39, 0.29) is 5.91 Å². The van der Waals surface area contributed by atoms with Gasteiger partial charge in [-0.2, -0.15) is 0 Å². The number of rotatable bonds is 2. The van der Waals surface area contributed by atoms with E-state index in [1.54, 1.807) is 22.7 Å². The van der Waals surface area contributed by atoms with Crippen molar-refractivity contribution in [1.29, 1.82) is 0 Å². The second-order valence-electron chi connectivity index (χ2n) is 5.35. The molecule has 21 heavy (non-hydrogen) atoms. The number of halogens is 1. The average molecular weight is 308 g/mol. The van der Waals surface area contributed by atoms with Crippen molar-refractivity contribution in [2.24, 2.45) is 0 Å². The van der Waals surface area contributed by atoms with Crippen LogP contribution in [0.5, 0.6) is 0 Å². The van der Waals surface area contributed by atoms with Crippen LogP contribution < -0.4 is 5.43 Å². The van der Waals surface area contributed by atoms with Crippen LogP contribution in [0, 0.1) is 6.92 Å². The molecule has 0 radical (unpaired) electrons. The normalized spacial score (nSPS) is 17.3. The third-order valence-electron chi connectivity index (χ3n) is 3.74. The summed E-state index contributed by atoms with van der Waals surface area (Å²) in [5, 5.41) is 2.57. The lowest BCUT2D eigenvalue weighted by Gasteiger charge is -2.32. The molecule has 3 heterocycles. The Labute approximate surface area is 128 Å². The molecule has 112 valence electrons. The molecule has 0 bridgehead atoms. The van der Waals surface area contributed by atoms with Gasteiger partial charge >= 0.3 is 0 Å². The van der Waals surface area contributed by atoms with Crippen molar-refractivity contribution in [3.8, 4) is 0 Å².